The van der Waals surface area contributed by atoms with Crippen LogP contribution in [0.2, 0.25) is 0 Å². The fourth-order valence-electron chi connectivity index (χ4n) is 3.94. The molecule has 2 aromatic heterocycles. The first-order chi connectivity index (χ1) is 16.2. The summed E-state index contributed by atoms with van der Waals surface area (Å²) in [5.74, 6) is -0.393. The number of thiazole rings is 1. The van der Waals surface area contributed by atoms with E-state index in [4.69, 9.17) is 5.14 Å². The van der Waals surface area contributed by atoms with E-state index >= 15 is 0 Å². The number of amides is 2. The van der Waals surface area contributed by atoms with Crippen LogP contribution < -0.4 is 14.9 Å². The molecule has 0 atom stereocenters. The lowest BCUT2D eigenvalue weighted by molar-refractivity contribution is 0.252. The molecule has 34 heavy (non-hydrogen) atoms. The van der Waals surface area contributed by atoms with Gasteiger partial charge in [-0.05, 0) is 43.5 Å². The van der Waals surface area contributed by atoms with Crippen LogP contribution in [0, 0.1) is 12.7 Å². The van der Waals surface area contributed by atoms with E-state index < -0.39 is 15.8 Å². The van der Waals surface area contributed by atoms with Gasteiger partial charge in [0.1, 0.15) is 16.9 Å². The highest BCUT2D eigenvalue weighted by molar-refractivity contribution is 7.91. The number of carbonyl (C=O) groups excluding carboxylic acids is 1. The number of nitrogens with two attached hydrogens (primary N) is 1. The number of sulfonamides is 1. The Morgan fingerprint density at radius 2 is 1.76 bits per heavy atom. The molecular formula is C21H19FN6O3S3. The highest BCUT2D eigenvalue weighted by atomic mass is 32.2. The molecule has 0 radical (unpaired) electrons. The lowest BCUT2D eigenvalue weighted by atomic mass is 10.0. The molecule has 2 amide bonds. The molecule has 0 saturated carbocycles. The van der Waals surface area contributed by atoms with E-state index in [1.54, 1.807) is 24.0 Å². The first kappa shape index (κ1) is 22.8. The highest BCUT2D eigenvalue weighted by Gasteiger charge is 2.30. The Balaban J connectivity index is 1.46. The van der Waals surface area contributed by atoms with Crippen LogP contribution in [-0.2, 0) is 10.0 Å². The van der Waals surface area contributed by atoms with Crippen molar-refractivity contribution in [1.29, 1.82) is 0 Å². The van der Waals surface area contributed by atoms with E-state index in [2.05, 4.69) is 13.7 Å². The molecule has 3 heterocycles. The summed E-state index contributed by atoms with van der Waals surface area (Å²) in [6.07, 6.45) is 1.51. The summed E-state index contributed by atoms with van der Waals surface area (Å²) < 4.78 is 46.1. The van der Waals surface area contributed by atoms with Crippen LogP contribution in [0.4, 0.5) is 20.0 Å². The Bertz CT molecular complexity index is 1500. The van der Waals surface area contributed by atoms with Gasteiger partial charge in [-0.2, -0.15) is 8.75 Å². The van der Waals surface area contributed by atoms with Gasteiger partial charge in [0, 0.05) is 30.4 Å². The van der Waals surface area contributed by atoms with E-state index in [-0.39, 0.29) is 15.9 Å². The molecule has 1 aliphatic rings. The SMILES string of the molecule is Cc1nc(N2CCCCN(c3ccc(-c4cc(F)cc5nsnc45)cc3)C2=O)sc1S(N)(=O)=O. The number of fused-ring (bicyclic) bond motifs is 1. The second-order valence-corrected chi connectivity index (χ2v) is 11.1. The van der Waals surface area contributed by atoms with Crippen LogP contribution in [0.25, 0.3) is 22.2 Å². The van der Waals surface area contributed by atoms with E-state index in [1.165, 1.54) is 17.0 Å². The Kier molecular flexibility index (Phi) is 5.80. The Morgan fingerprint density at radius 1 is 1.06 bits per heavy atom. The first-order valence-corrected chi connectivity index (χ1v) is 13.4. The molecule has 5 rings (SSSR count). The smallest absolute Gasteiger partial charge is 0.294 e. The third-order valence-corrected chi connectivity index (χ3v) is 8.80. The fraction of sp³-hybridized carbons (Fsp3) is 0.238. The van der Waals surface area contributed by atoms with Crippen LogP contribution in [0.15, 0.2) is 40.6 Å². The summed E-state index contributed by atoms with van der Waals surface area (Å²) >= 11 is 1.92. The molecule has 0 unspecified atom stereocenters. The van der Waals surface area contributed by atoms with Crippen LogP contribution in [0.1, 0.15) is 18.5 Å². The minimum atomic E-state index is -3.92. The van der Waals surface area contributed by atoms with Crippen molar-refractivity contribution in [3.63, 3.8) is 0 Å². The molecule has 2 aromatic carbocycles. The zero-order chi connectivity index (χ0) is 24.0. The number of nitrogens with zero attached hydrogens (tertiary/aromatic N) is 5. The number of urea groups is 1. The number of hydrogen-bond acceptors (Lipinski definition) is 8. The van der Waals surface area contributed by atoms with Crippen molar-refractivity contribution in [1.82, 2.24) is 13.7 Å². The quantitative estimate of drug-likeness (QED) is 0.433. The van der Waals surface area contributed by atoms with Crippen LogP contribution >= 0.6 is 23.1 Å². The summed E-state index contributed by atoms with van der Waals surface area (Å²) in [6, 6.07) is 9.72. The van der Waals surface area contributed by atoms with Gasteiger partial charge in [-0.3, -0.25) is 9.80 Å². The van der Waals surface area contributed by atoms with Crippen molar-refractivity contribution in [2.45, 2.75) is 24.0 Å². The summed E-state index contributed by atoms with van der Waals surface area (Å²) in [5.41, 5.74) is 3.46. The van der Waals surface area contributed by atoms with Gasteiger partial charge in [0.25, 0.3) is 0 Å². The zero-order valence-corrected chi connectivity index (χ0v) is 20.4. The van der Waals surface area contributed by atoms with Gasteiger partial charge in [-0.25, -0.2) is 27.7 Å². The highest BCUT2D eigenvalue weighted by Crippen LogP contribution is 2.33. The van der Waals surface area contributed by atoms with Gasteiger partial charge in [-0.1, -0.05) is 23.5 Å². The summed E-state index contributed by atoms with van der Waals surface area (Å²) in [7, 11) is -3.92. The summed E-state index contributed by atoms with van der Waals surface area (Å²) in [5, 5.41) is 5.58. The van der Waals surface area contributed by atoms with Gasteiger partial charge in [0.2, 0.25) is 10.0 Å². The first-order valence-electron chi connectivity index (χ1n) is 10.3. The predicted octanol–water partition coefficient (Wildman–Crippen LogP) is 4.14. The molecule has 176 valence electrons. The molecule has 1 aliphatic heterocycles. The number of rotatable bonds is 4. The number of primary sulfonamides is 1. The van der Waals surface area contributed by atoms with Gasteiger partial charge in [-0.15, -0.1) is 0 Å². The van der Waals surface area contributed by atoms with Crippen molar-refractivity contribution in [2.24, 2.45) is 5.14 Å². The average molecular weight is 519 g/mol. The van der Waals surface area contributed by atoms with Gasteiger partial charge in [0.15, 0.2) is 9.34 Å². The second kappa shape index (κ2) is 8.65. The van der Waals surface area contributed by atoms with Crippen molar-refractivity contribution < 1.29 is 17.6 Å². The maximum absolute atomic E-state index is 14.1. The van der Waals surface area contributed by atoms with Crippen LogP contribution in [0.3, 0.4) is 0 Å². The van der Waals surface area contributed by atoms with E-state index in [9.17, 15) is 17.6 Å². The number of halogens is 1. The Hall–Kier alpha value is -3.00. The third kappa shape index (κ3) is 4.15. The molecule has 2 N–H and O–H groups in total. The predicted molar refractivity (Wildman–Crippen MR) is 130 cm³/mol. The van der Waals surface area contributed by atoms with Gasteiger partial charge in [0.05, 0.1) is 17.4 Å². The molecule has 4 aromatic rings. The van der Waals surface area contributed by atoms with Crippen molar-refractivity contribution in [3.05, 3.63) is 47.9 Å². The standard InChI is InChI=1S/C21H19FN6O3S3/c1-12-19(34(23,30)31)32-20(24-12)28-9-3-2-8-27(21(28)29)15-6-4-13(5-7-15)16-10-14(22)11-17-18(16)26-33-25-17/h4-7,10-11H,2-3,8-9H2,1H3,(H2,23,30,31). The van der Waals surface area contributed by atoms with Gasteiger partial charge >= 0.3 is 6.03 Å². The zero-order valence-electron chi connectivity index (χ0n) is 17.9. The van der Waals surface area contributed by atoms with E-state index in [0.717, 1.165) is 41.5 Å². The number of hydrogen-bond donors (Lipinski definition) is 1. The monoisotopic (exact) mass is 518 g/mol. The van der Waals surface area contributed by atoms with Crippen molar-refractivity contribution >= 4 is 61.0 Å². The van der Waals surface area contributed by atoms with Crippen molar-refractivity contribution in [2.75, 3.05) is 22.9 Å². The average Bonchev–Trinajstić information content (AvgIpc) is 3.37. The molecule has 0 bridgehead atoms. The molecule has 9 nitrogen and oxygen atoms in total. The Morgan fingerprint density at radius 3 is 2.44 bits per heavy atom. The summed E-state index contributed by atoms with van der Waals surface area (Å²) in [4.78, 5) is 20.8. The number of anilines is 2. The number of aryl methyl sites for hydroxylation is 1. The second-order valence-electron chi connectivity index (χ2n) is 7.84. The lowest BCUT2D eigenvalue weighted by Gasteiger charge is -2.26. The molecular weight excluding hydrogens is 499 g/mol. The fourth-order valence-corrected chi connectivity index (χ4v) is 6.45. The molecule has 0 spiro atoms. The minimum Gasteiger partial charge on any atom is -0.294 e. The number of carbonyl (C=O) groups is 1. The topological polar surface area (TPSA) is 122 Å². The van der Waals surface area contributed by atoms with Crippen LogP contribution in [-0.4, -0.2) is 41.3 Å². The number of aromatic nitrogens is 3. The molecule has 13 heteroatoms. The lowest BCUT2D eigenvalue weighted by Crippen LogP contribution is -2.42. The maximum atomic E-state index is 14.1. The van der Waals surface area contributed by atoms with E-state index in [0.29, 0.717) is 40.5 Å². The van der Waals surface area contributed by atoms with Gasteiger partial charge < -0.3 is 0 Å². The molecule has 1 fully saturated rings. The Labute approximate surface area is 203 Å². The minimum absolute atomic E-state index is 0.0478. The molecule has 1 saturated heterocycles. The third-order valence-electron chi connectivity index (χ3n) is 5.52. The maximum Gasteiger partial charge on any atom is 0.330 e. The normalized spacial score (nSPS) is 15.2. The van der Waals surface area contributed by atoms with Crippen LogP contribution in [0.5, 0.6) is 0 Å². The molecule has 0 aliphatic carbocycles. The van der Waals surface area contributed by atoms with E-state index in [1.807, 2.05) is 12.1 Å². The van der Waals surface area contributed by atoms with Crippen molar-refractivity contribution in [3.8, 4) is 11.1 Å². The largest absolute Gasteiger partial charge is 0.330 e. The number of benzene rings is 2. The summed E-state index contributed by atoms with van der Waals surface area (Å²) in [6.45, 7) is 2.48.